The first-order chi connectivity index (χ1) is 14.6. The lowest BCUT2D eigenvalue weighted by molar-refractivity contribution is -0.130. The normalized spacial score (nSPS) is 15.7. The highest BCUT2D eigenvalue weighted by molar-refractivity contribution is 5.88. The minimum Gasteiger partial charge on any atom is -0.368 e. The Labute approximate surface area is 175 Å². The summed E-state index contributed by atoms with van der Waals surface area (Å²) < 4.78 is 0. The van der Waals surface area contributed by atoms with E-state index in [1.54, 1.807) is 18.5 Å². The summed E-state index contributed by atoms with van der Waals surface area (Å²) in [6, 6.07) is 15.1. The summed E-state index contributed by atoms with van der Waals surface area (Å²) in [4.78, 5) is 35.4. The van der Waals surface area contributed by atoms with Gasteiger partial charge in [-0.1, -0.05) is 42.5 Å². The number of anilines is 1. The summed E-state index contributed by atoms with van der Waals surface area (Å²) >= 11 is 0. The summed E-state index contributed by atoms with van der Waals surface area (Å²) in [7, 11) is 0. The number of hydrogen-bond donors (Lipinski definition) is 2. The Morgan fingerprint density at radius 3 is 2.43 bits per heavy atom. The zero-order chi connectivity index (χ0) is 20.9. The molecule has 3 N–H and O–H groups in total. The van der Waals surface area contributed by atoms with E-state index in [2.05, 4.69) is 20.2 Å². The Bertz CT molecular complexity index is 1030. The van der Waals surface area contributed by atoms with E-state index >= 15 is 0 Å². The second-order valence-corrected chi connectivity index (χ2v) is 7.66. The third-order valence-corrected chi connectivity index (χ3v) is 5.61. The topological polar surface area (TPSA) is 101 Å². The van der Waals surface area contributed by atoms with E-state index in [-0.39, 0.29) is 11.8 Å². The molecule has 0 aliphatic carbocycles. The molecule has 1 atom stereocenters. The predicted octanol–water partition coefficient (Wildman–Crippen LogP) is 2.06. The minimum atomic E-state index is -0.728. The molecule has 0 radical (unpaired) electrons. The molecule has 0 spiro atoms. The standard InChI is InChI=1S/C23H25N5O2/c24-21(29)20(15-16-6-7-17-4-1-2-5-19(17)14-16)27-22(30)18-8-12-28(13-9-18)23-25-10-3-11-26-23/h1-7,10-11,14,18,20H,8-9,12-13,15H2,(H2,24,29)(H,27,30)/t20-/m0/s1. The molecular weight excluding hydrogens is 378 g/mol. The summed E-state index contributed by atoms with van der Waals surface area (Å²) in [5.74, 6) is -0.106. The quantitative estimate of drug-likeness (QED) is 0.656. The van der Waals surface area contributed by atoms with E-state index in [9.17, 15) is 9.59 Å². The smallest absolute Gasteiger partial charge is 0.240 e. The van der Waals surface area contributed by atoms with Crippen LogP contribution < -0.4 is 16.0 Å². The van der Waals surface area contributed by atoms with Crippen molar-refractivity contribution in [2.45, 2.75) is 25.3 Å². The average Bonchev–Trinajstić information content (AvgIpc) is 2.79. The molecule has 0 saturated carbocycles. The van der Waals surface area contributed by atoms with E-state index in [0.29, 0.717) is 38.3 Å². The monoisotopic (exact) mass is 403 g/mol. The van der Waals surface area contributed by atoms with Crippen LogP contribution >= 0.6 is 0 Å². The van der Waals surface area contributed by atoms with Gasteiger partial charge in [0.15, 0.2) is 0 Å². The number of hydrogen-bond acceptors (Lipinski definition) is 5. The highest BCUT2D eigenvalue weighted by atomic mass is 16.2. The number of fused-ring (bicyclic) bond motifs is 1. The fourth-order valence-corrected chi connectivity index (χ4v) is 3.91. The van der Waals surface area contributed by atoms with Crippen molar-refractivity contribution in [3.05, 3.63) is 66.5 Å². The lowest BCUT2D eigenvalue weighted by Crippen LogP contribution is -2.49. The molecule has 7 nitrogen and oxygen atoms in total. The number of nitrogens with one attached hydrogen (secondary N) is 1. The highest BCUT2D eigenvalue weighted by Gasteiger charge is 2.28. The van der Waals surface area contributed by atoms with Crippen LogP contribution in [0.5, 0.6) is 0 Å². The van der Waals surface area contributed by atoms with Gasteiger partial charge in [-0.05, 0) is 35.2 Å². The molecule has 1 saturated heterocycles. The molecule has 2 amide bonds. The molecule has 1 aliphatic heterocycles. The van der Waals surface area contributed by atoms with Crippen molar-refractivity contribution in [3.63, 3.8) is 0 Å². The van der Waals surface area contributed by atoms with Crippen LogP contribution in [0.3, 0.4) is 0 Å². The number of carbonyl (C=O) groups is 2. The van der Waals surface area contributed by atoms with Crippen LogP contribution in [-0.2, 0) is 16.0 Å². The summed E-state index contributed by atoms with van der Waals surface area (Å²) in [6.07, 6.45) is 5.18. The van der Waals surface area contributed by atoms with Crippen LogP contribution in [0.1, 0.15) is 18.4 Å². The molecule has 0 unspecified atom stereocenters. The van der Waals surface area contributed by atoms with Crippen LogP contribution in [0.4, 0.5) is 5.95 Å². The van der Waals surface area contributed by atoms with E-state index < -0.39 is 11.9 Å². The highest BCUT2D eigenvalue weighted by Crippen LogP contribution is 2.21. The molecule has 4 rings (SSSR count). The largest absolute Gasteiger partial charge is 0.368 e. The lowest BCUT2D eigenvalue weighted by atomic mass is 9.95. The Balaban J connectivity index is 1.37. The molecule has 1 aromatic heterocycles. The van der Waals surface area contributed by atoms with Crippen molar-refractivity contribution >= 4 is 28.5 Å². The van der Waals surface area contributed by atoms with Gasteiger partial charge in [0.2, 0.25) is 17.8 Å². The zero-order valence-electron chi connectivity index (χ0n) is 16.7. The van der Waals surface area contributed by atoms with E-state index in [4.69, 9.17) is 5.73 Å². The fraction of sp³-hybridized carbons (Fsp3) is 0.304. The predicted molar refractivity (Wildman–Crippen MR) is 116 cm³/mol. The number of aromatic nitrogens is 2. The van der Waals surface area contributed by atoms with Gasteiger partial charge >= 0.3 is 0 Å². The van der Waals surface area contributed by atoms with Crippen LogP contribution in [0.15, 0.2) is 60.9 Å². The van der Waals surface area contributed by atoms with Crippen LogP contribution in [0.2, 0.25) is 0 Å². The molecule has 7 heteroatoms. The number of nitrogens with zero attached hydrogens (tertiary/aromatic N) is 3. The van der Waals surface area contributed by atoms with Gasteiger partial charge in [0.05, 0.1) is 0 Å². The fourth-order valence-electron chi connectivity index (χ4n) is 3.91. The van der Waals surface area contributed by atoms with Gasteiger partial charge in [-0.15, -0.1) is 0 Å². The second-order valence-electron chi connectivity index (χ2n) is 7.66. The van der Waals surface area contributed by atoms with Gasteiger partial charge in [0.1, 0.15) is 6.04 Å². The first kappa shape index (κ1) is 19.8. The zero-order valence-corrected chi connectivity index (χ0v) is 16.7. The molecule has 30 heavy (non-hydrogen) atoms. The van der Waals surface area contributed by atoms with Gasteiger partial charge < -0.3 is 16.0 Å². The first-order valence-corrected chi connectivity index (χ1v) is 10.2. The summed E-state index contributed by atoms with van der Waals surface area (Å²) in [6.45, 7) is 1.40. The average molecular weight is 403 g/mol. The number of nitrogens with two attached hydrogens (primary N) is 1. The van der Waals surface area contributed by atoms with Gasteiger partial charge in [0.25, 0.3) is 0 Å². The van der Waals surface area contributed by atoms with Crippen molar-refractivity contribution < 1.29 is 9.59 Å². The number of primary amides is 1. The first-order valence-electron chi connectivity index (χ1n) is 10.2. The van der Waals surface area contributed by atoms with Gasteiger partial charge in [-0.2, -0.15) is 0 Å². The Hall–Kier alpha value is -3.48. The maximum Gasteiger partial charge on any atom is 0.240 e. The molecule has 0 bridgehead atoms. The van der Waals surface area contributed by atoms with Crippen LogP contribution in [0, 0.1) is 5.92 Å². The molecule has 1 aliphatic rings. The number of benzene rings is 2. The molecular formula is C23H25N5O2. The van der Waals surface area contributed by atoms with Crippen molar-refractivity contribution in [1.82, 2.24) is 15.3 Å². The second kappa shape index (κ2) is 8.90. The molecule has 1 fully saturated rings. The molecule has 3 aromatic rings. The number of rotatable bonds is 6. The summed E-state index contributed by atoms with van der Waals surface area (Å²) in [5.41, 5.74) is 6.56. The Morgan fingerprint density at radius 2 is 1.73 bits per heavy atom. The van der Waals surface area contributed by atoms with Crippen LogP contribution in [-0.4, -0.2) is 40.9 Å². The molecule has 2 aromatic carbocycles. The van der Waals surface area contributed by atoms with Crippen molar-refractivity contribution in [1.29, 1.82) is 0 Å². The maximum absolute atomic E-state index is 12.8. The molecule has 154 valence electrons. The minimum absolute atomic E-state index is 0.117. The number of carbonyl (C=O) groups excluding carboxylic acids is 2. The van der Waals surface area contributed by atoms with Gasteiger partial charge in [-0.25, -0.2) is 9.97 Å². The third kappa shape index (κ3) is 4.56. The SMILES string of the molecule is NC(=O)[C@H](Cc1ccc2ccccc2c1)NC(=O)C1CCN(c2ncccn2)CC1. The molecule has 2 heterocycles. The van der Waals surface area contributed by atoms with Gasteiger partial charge in [0, 0.05) is 37.8 Å². The number of piperidine rings is 1. The summed E-state index contributed by atoms with van der Waals surface area (Å²) in [5, 5.41) is 5.11. The van der Waals surface area contributed by atoms with E-state index in [0.717, 1.165) is 16.3 Å². The van der Waals surface area contributed by atoms with Gasteiger partial charge in [-0.3, -0.25) is 9.59 Å². The van der Waals surface area contributed by atoms with Crippen molar-refractivity contribution in [2.24, 2.45) is 11.7 Å². The third-order valence-electron chi connectivity index (χ3n) is 5.61. The van der Waals surface area contributed by atoms with E-state index in [1.807, 2.05) is 42.5 Å². The number of amides is 2. The Kier molecular flexibility index (Phi) is 5.88. The van der Waals surface area contributed by atoms with Crippen LogP contribution in [0.25, 0.3) is 10.8 Å². The van der Waals surface area contributed by atoms with Crippen molar-refractivity contribution in [3.8, 4) is 0 Å². The van der Waals surface area contributed by atoms with E-state index in [1.165, 1.54) is 0 Å². The van der Waals surface area contributed by atoms with Crippen molar-refractivity contribution in [2.75, 3.05) is 18.0 Å². The lowest BCUT2D eigenvalue weighted by Gasteiger charge is -2.31. The Morgan fingerprint density at radius 1 is 1.03 bits per heavy atom. The maximum atomic E-state index is 12.8.